The molecule has 1 aliphatic rings. The van der Waals surface area contributed by atoms with E-state index in [-0.39, 0.29) is 23.4 Å². The zero-order chi connectivity index (χ0) is 29.2. The number of benzene rings is 2. The Balaban J connectivity index is 1.83. The van der Waals surface area contributed by atoms with Gasteiger partial charge in [-0.15, -0.1) is 11.3 Å². The Hall–Kier alpha value is -2.39. The molecule has 0 saturated heterocycles. The number of carboxylic acids is 1. The van der Waals surface area contributed by atoms with Crippen LogP contribution in [0.1, 0.15) is 78.9 Å². The summed E-state index contributed by atoms with van der Waals surface area (Å²) in [7, 11) is 1.11. The second-order valence-electron chi connectivity index (χ2n) is 12.4. The molecule has 1 N–H and O–H groups in total. The molecule has 1 saturated carbocycles. The molecule has 0 amide bonds. The number of fused-ring (bicyclic) bond motifs is 1. The molecule has 6 nitrogen and oxygen atoms in total. The number of thiophene rings is 1. The Labute approximate surface area is 243 Å². The van der Waals surface area contributed by atoms with Gasteiger partial charge in [-0.05, 0) is 73.8 Å². The van der Waals surface area contributed by atoms with Gasteiger partial charge < -0.3 is 23.7 Å². The van der Waals surface area contributed by atoms with E-state index in [4.69, 9.17) is 18.6 Å². The van der Waals surface area contributed by atoms with Gasteiger partial charge in [0.05, 0.1) is 38.1 Å². The van der Waals surface area contributed by atoms with Crippen LogP contribution in [0, 0.1) is 6.92 Å². The van der Waals surface area contributed by atoms with E-state index in [1.54, 1.807) is 31.6 Å². The van der Waals surface area contributed by atoms with Gasteiger partial charge in [0, 0.05) is 26.9 Å². The molecular formula is C32H44O6SSi. The monoisotopic (exact) mass is 584 g/mol. The number of hydrogen-bond donors (Lipinski definition) is 1. The van der Waals surface area contributed by atoms with E-state index in [0.29, 0.717) is 12.0 Å². The van der Waals surface area contributed by atoms with E-state index in [1.807, 2.05) is 25.1 Å². The third-order valence-electron chi connectivity index (χ3n) is 8.58. The van der Waals surface area contributed by atoms with E-state index in [9.17, 15) is 9.90 Å². The molecule has 1 aromatic heterocycles. The van der Waals surface area contributed by atoms with Crippen LogP contribution in [-0.4, -0.2) is 45.8 Å². The lowest BCUT2D eigenvalue weighted by Gasteiger charge is -2.42. The molecular weight excluding hydrogens is 540 g/mol. The summed E-state index contributed by atoms with van der Waals surface area (Å²) in [6, 6.07) is 11.6. The van der Waals surface area contributed by atoms with Crippen LogP contribution < -0.4 is 9.47 Å². The average Bonchev–Trinajstić information content (AvgIpc) is 3.55. The normalized spacial score (nSPS) is 16.3. The molecule has 3 aromatic rings. The third kappa shape index (κ3) is 6.56. The quantitative estimate of drug-likeness (QED) is 0.228. The van der Waals surface area contributed by atoms with Crippen molar-refractivity contribution in [2.75, 3.05) is 14.2 Å². The first-order valence-electron chi connectivity index (χ1n) is 14.1. The molecule has 0 radical (unpaired) electrons. The van der Waals surface area contributed by atoms with Crippen molar-refractivity contribution in [2.24, 2.45) is 0 Å². The molecule has 1 aliphatic carbocycles. The zero-order valence-corrected chi connectivity index (χ0v) is 26.9. The smallest absolute Gasteiger partial charge is 0.336 e. The minimum atomic E-state index is -2.25. The minimum Gasteiger partial charge on any atom is -0.496 e. The second kappa shape index (κ2) is 12.2. The van der Waals surface area contributed by atoms with Crippen LogP contribution in [0.2, 0.25) is 18.1 Å². The SMILES string of the molecule is COc1cc([C@@H](O[Si](C)(C)C(C)(C)C)[C@H](Cc2cc3c(C(=O)O)cccc3s2)OC2CCCC2)cc(OC)c1C. The van der Waals surface area contributed by atoms with E-state index < -0.39 is 14.3 Å². The van der Waals surface area contributed by atoms with Crippen LogP contribution in [-0.2, 0) is 15.6 Å². The average molecular weight is 585 g/mol. The first kappa shape index (κ1) is 30.6. The number of hydrogen-bond acceptors (Lipinski definition) is 6. The Bertz CT molecular complexity index is 1310. The summed E-state index contributed by atoms with van der Waals surface area (Å²) < 4.78 is 26.7. The molecule has 218 valence electrons. The van der Waals surface area contributed by atoms with Crippen LogP contribution in [0.5, 0.6) is 11.5 Å². The molecule has 2 atom stereocenters. The van der Waals surface area contributed by atoms with Crippen LogP contribution in [0.4, 0.5) is 0 Å². The fraction of sp³-hybridized carbons (Fsp3) is 0.531. The number of ether oxygens (including phenoxy) is 3. The van der Waals surface area contributed by atoms with E-state index >= 15 is 0 Å². The third-order valence-corrected chi connectivity index (χ3v) is 14.2. The highest BCUT2D eigenvalue weighted by molar-refractivity contribution is 7.19. The first-order valence-corrected chi connectivity index (χ1v) is 17.9. The van der Waals surface area contributed by atoms with Gasteiger partial charge in [0.1, 0.15) is 11.5 Å². The maximum atomic E-state index is 11.9. The summed E-state index contributed by atoms with van der Waals surface area (Å²) in [5.41, 5.74) is 2.24. The van der Waals surface area contributed by atoms with Crippen molar-refractivity contribution in [3.05, 3.63) is 58.0 Å². The van der Waals surface area contributed by atoms with Crippen molar-refractivity contribution in [2.45, 2.75) is 96.2 Å². The molecule has 40 heavy (non-hydrogen) atoms. The summed E-state index contributed by atoms with van der Waals surface area (Å²) in [5.74, 6) is 0.600. The highest BCUT2D eigenvalue weighted by Gasteiger charge is 2.42. The lowest BCUT2D eigenvalue weighted by atomic mass is 9.98. The predicted molar refractivity (Wildman–Crippen MR) is 165 cm³/mol. The van der Waals surface area contributed by atoms with Gasteiger partial charge in [-0.2, -0.15) is 0 Å². The number of aromatic carboxylic acids is 1. The minimum absolute atomic E-state index is 0.00394. The second-order valence-corrected chi connectivity index (χ2v) is 18.3. The molecule has 2 aromatic carbocycles. The molecule has 1 fully saturated rings. The number of carboxylic acid groups (broad SMARTS) is 1. The van der Waals surface area contributed by atoms with E-state index in [2.05, 4.69) is 46.0 Å². The van der Waals surface area contributed by atoms with Crippen molar-refractivity contribution in [3.63, 3.8) is 0 Å². The number of carbonyl (C=O) groups is 1. The Morgan fingerprint density at radius 1 is 1.07 bits per heavy atom. The highest BCUT2D eigenvalue weighted by Crippen LogP contribution is 2.44. The van der Waals surface area contributed by atoms with Crippen LogP contribution in [0.25, 0.3) is 10.1 Å². The van der Waals surface area contributed by atoms with Crippen LogP contribution >= 0.6 is 11.3 Å². The van der Waals surface area contributed by atoms with Gasteiger partial charge in [0.25, 0.3) is 0 Å². The first-order chi connectivity index (χ1) is 18.8. The topological polar surface area (TPSA) is 74.2 Å². The van der Waals surface area contributed by atoms with Gasteiger partial charge in [0.15, 0.2) is 8.32 Å². The molecule has 8 heteroatoms. The predicted octanol–water partition coefficient (Wildman–Crippen LogP) is 8.56. The summed E-state index contributed by atoms with van der Waals surface area (Å²) in [4.78, 5) is 13.0. The van der Waals surface area contributed by atoms with Gasteiger partial charge in [-0.25, -0.2) is 4.79 Å². The van der Waals surface area contributed by atoms with Crippen LogP contribution in [0.3, 0.4) is 0 Å². The lowest BCUT2D eigenvalue weighted by molar-refractivity contribution is -0.0701. The van der Waals surface area contributed by atoms with Gasteiger partial charge >= 0.3 is 5.97 Å². The van der Waals surface area contributed by atoms with Crippen molar-refractivity contribution in [1.29, 1.82) is 0 Å². The Kier molecular flexibility index (Phi) is 9.34. The summed E-state index contributed by atoms with van der Waals surface area (Å²) >= 11 is 1.63. The van der Waals surface area contributed by atoms with Crippen molar-refractivity contribution in [3.8, 4) is 11.5 Å². The lowest BCUT2D eigenvalue weighted by Crippen LogP contribution is -2.45. The maximum absolute atomic E-state index is 11.9. The Morgan fingerprint density at radius 3 is 2.25 bits per heavy atom. The fourth-order valence-corrected chi connectivity index (χ4v) is 7.63. The van der Waals surface area contributed by atoms with Crippen molar-refractivity contribution in [1.82, 2.24) is 0 Å². The van der Waals surface area contributed by atoms with Gasteiger partial charge in [-0.1, -0.05) is 39.7 Å². The maximum Gasteiger partial charge on any atom is 0.336 e. The highest BCUT2D eigenvalue weighted by atomic mass is 32.1. The number of methoxy groups -OCH3 is 2. The molecule has 0 spiro atoms. The molecule has 0 bridgehead atoms. The van der Waals surface area contributed by atoms with Crippen molar-refractivity contribution < 1.29 is 28.5 Å². The molecule has 1 heterocycles. The molecule has 4 rings (SSSR count). The Morgan fingerprint density at radius 2 is 1.70 bits per heavy atom. The zero-order valence-electron chi connectivity index (χ0n) is 25.1. The van der Waals surface area contributed by atoms with Gasteiger partial charge in [-0.3, -0.25) is 0 Å². The van der Waals surface area contributed by atoms with Gasteiger partial charge in [0.2, 0.25) is 0 Å². The number of rotatable bonds is 11. The summed E-state index contributed by atoms with van der Waals surface area (Å²) in [5, 5.41) is 10.5. The molecule has 0 aliphatic heterocycles. The van der Waals surface area contributed by atoms with E-state index in [0.717, 1.165) is 50.4 Å². The van der Waals surface area contributed by atoms with E-state index in [1.165, 1.54) is 12.8 Å². The largest absolute Gasteiger partial charge is 0.496 e. The summed E-state index contributed by atoms with van der Waals surface area (Å²) in [6.45, 7) is 13.3. The standard InChI is InChI=1S/C32H44O6SSi/c1-20-26(35-5)16-21(17-27(20)36-6)30(38-40(7,8)32(2,3)4)28(37-22-12-9-10-13-22)19-23-18-25-24(31(33)34)14-11-15-29(25)39-23/h11,14-18,22,28,30H,9-10,12-13,19H2,1-8H3,(H,33,34)/t28-,30+/m0/s1. The van der Waals surface area contributed by atoms with Crippen LogP contribution in [0.15, 0.2) is 36.4 Å². The van der Waals surface area contributed by atoms with Crippen molar-refractivity contribution >= 4 is 35.7 Å². The summed E-state index contributed by atoms with van der Waals surface area (Å²) in [6.07, 6.45) is 4.59. The molecule has 0 unspecified atom stereocenters. The fourth-order valence-electron chi connectivity index (χ4n) is 5.22.